The molecule has 2 aromatic heterocycles. The Kier molecular flexibility index (Phi) is 2.78. The summed E-state index contributed by atoms with van der Waals surface area (Å²) >= 11 is 1.70. The van der Waals surface area contributed by atoms with Crippen LogP contribution in [0.2, 0.25) is 0 Å². The highest BCUT2D eigenvalue weighted by molar-refractivity contribution is 7.07. The molecule has 1 fully saturated rings. The fraction of sp³-hybridized carbons (Fsp3) is 0.267. The van der Waals surface area contributed by atoms with Crippen molar-refractivity contribution in [3.05, 3.63) is 45.1 Å². The van der Waals surface area contributed by atoms with Crippen LogP contribution in [0.15, 0.2) is 38.2 Å². The van der Waals surface area contributed by atoms with E-state index >= 15 is 0 Å². The monoisotopic (exact) mass is 301 g/mol. The van der Waals surface area contributed by atoms with Crippen molar-refractivity contribution in [3.8, 4) is 0 Å². The number of rotatable bonds is 4. The van der Waals surface area contributed by atoms with Gasteiger partial charge >= 0.3 is 5.76 Å². The maximum absolute atomic E-state index is 11.3. The molecule has 0 amide bonds. The molecule has 0 spiro atoms. The standard InChI is InChI=1S/C15H15N3O2S/c16-11-5-14-12(17-15(19)20-14)6-13(11)18(10-1-2-10)7-9-3-4-21-8-9/h3-6,8,10H,1-2,7,16H2,(H,17,19). The van der Waals surface area contributed by atoms with E-state index in [1.165, 1.54) is 18.4 Å². The minimum absolute atomic E-state index is 0.447. The Morgan fingerprint density at radius 3 is 3.00 bits per heavy atom. The maximum atomic E-state index is 11.3. The van der Waals surface area contributed by atoms with Crippen molar-refractivity contribution >= 4 is 33.8 Å². The molecule has 1 aromatic carbocycles. The summed E-state index contributed by atoms with van der Waals surface area (Å²) in [5.41, 5.74) is 10.3. The number of benzene rings is 1. The Morgan fingerprint density at radius 1 is 1.43 bits per heavy atom. The van der Waals surface area contributed by atoms with E-state index in [1.54, 1.807) is 17.4 Å². The fourth-order valence-corrected chi connectivity index (χ4v) is 3.29. The van der Waals surface area contributed by atoms with Crippen LogP contribution in [0.25, 0.3) is 11.1 Å². The molecule has 1 saturated carbocycles. The lowest BCUT2D eigenvalue weighted by molar-refractivity contribution is 0.555. The third-order valence-corrected chi connectivity index (χ3v) is 4.53. The molecule has 5 nitrogen and oxygen atoms in total. The summed E-state index contributed by atoms with van der Waals surface area (Å²) in [5, 5.41) is 4.24. The van der Waals surface area contributed by atoms with Crippen LogP contribution in [0.4, 0.5) is 11.4 Å². The number of aromatic nitrogens is 1. The van der Waals surface area contributed by atoms with Crippen LogP contribution in [-0.2, 0) is 6.54 Å². The first-order valence-corrected chi connectivity index (χ1v) is 7.85. The smallest absolute Gasteiger partial charge is 0.408 e. The molecule has 3 aromatic rings. The van der Waals surface area contributed by atoms with Crippen LogP contribution in [0, 0.1) is 0 Å². The summed E-state index contributed by atoms with van der Waals surface area (Å²) in [6, 6.07) is 6.31. The molecule has 6 heteroatoms. The average molecular weight is 301 g/mol. The summed E-state index contributed by atoms with van der Waals surface area (Å²) in [6.07, 6.45) is 2.37. The van der Waals surface area contributed by atoms with E-state index in [-0.39, 0.29) is 0 Å². The van der Waals surface area contributed by atoms with Gasteiger partial charge in [0.15, 0.2) is 5.58 Å². The van der Waals surface area contributed by atoms with Gasteiger partial charge in [-0.15, -0.1) is 0 Å². The number of H-pyrrole nitrogens is 1. The summed E-state index contributed by atoms with van der Waals surface area (Å²) in [7, 11) is 0. The second-order valence-electron chi connectivity index (χ2n) is 5.41. The van der Waals surface area contributed by atoms with Crippen LogP contribution in [0.1, 0.15) is 18.4 Å². The topological polar surface area (TPSA) is 75.3 Å². The van der Waals surface area contributed by atoms with Crippen molar-refractivity contribution in [2.24, 2.45) is 0 Å². The highest BCUT2D eigenvalue weighted by Gasteiger charge is 2.30. The number of nitrogens with two attached hydrogens (primary N) is 1. The van der Waals surface area contributed by atoms with Crippen molar-refractivity contribution in [3.63, 3.8) is 0 Å². The SMILES string of the molecule is Nc1cc2oc(=O)[nH]c2cc1N(Cc1ccsc1)C1CC1. The van der Waals surface area contributed by atoms with Crippen molar-refractivity contribution in [2.75, 3.05) is 10.6 Å². The fourth-order valence-electron chi connectivity index (χ4n) is 2.63. The Labute approximate surface area is 125 Å². The van der Waals surface area contributed by atoms with E-state index in [2.05, 4.69) is 26.7 Å². The van der Waals surface area contributed by atoms with Gasteiger partial charge in [-0.3, -0.25) is 4.98 Å². The molecule has 3 N–H and O–H groups in total. The first kappa shape index (κ1) is 12.5. The zero-order valence-electron chi connectivity index (χ0n) is 11.3. The lowest BCUT2D eigenvalue weighted by Gasteiger charge is -2.25. The van der Waals surface area contributed by atoms with Gasteiger partial charge < -0.3 is 15.1 Å². The number of hydrogen-bond donors (Lipinski definition) is 2. The zero-order valence-corrected chi connectivity index (χ0v) is 12.2. The largest absolute Gasteiger partial charge is 0.417 e. The van der Waals surface area contributed by atoms with Crippen molar-refractivity contribution in [1.29, 1.82) is 0 Å². The minimum atomic E-state index is -0.447. The zero-order chi connectivity index (χ0) is 14.4. The maximum Gasteiger partial charge on any atom is 0.417 e. The van der Waals surface area contributed by atoms with Gasteiger partial charge in [-0.2, -0.15) is 11.3 Å². The number of fused-ring (bicyclic) bond motifs is 1. The molecular formula is C15H15N3O2S. The number of nitrogens with zero attached hydrogens (tertiary/aromatic N) is 1. The summed E-state index contributed by atoms with van der Waals surface area (Å²) in [6.45, 7) is 0.839. The van der Waals surface area contributed by atoms with E-state index in [0.717, 1.165) is 12.2 Å². The van der Waals surface area contributed by atoms with Crippen molar-refractivity contribution in [2.45, 2.75) is 25.4 Å². The van der Waals surface area contributed by atoms with Crippen molar-refractivity contribution in [1.82, 2.24) is 4.98 Å². The minimum Gasteiger partial charge on any atom is -0.408 e. The normalized spacial score (nSPS) is 14.7. The van der Waals surface area contributed by atoms with E-state index in [4.69, 9.17) is 10.2 Å². The third kappa shape index (κ3) is 2.31. The molecule has 0 saturated heterocycles. The van der Waals surface area contributed by atoms with Crippen LogP contribution < -0.4 is 16.4 Å². The lowest BCUT2D eigenvalue weighted by Crippen LogP contribution is -2.25. The number of hydrogen-bond acceptors (Lipinski definition) is 5. The number of anilines is 2. The molecule has 0 unspecified atom stereocenters. The number of nitrogens with one attached hydrogen (secondary N) is 1. The van der Waals surface area contributed by atoms with Gasteiger partial charge in [0, 0.05) is 18.7 Å². The van der Waals surface area contributed by atoms with Crippen LogP contribution in [-0.4, -0.2) is 11.0 Å². The number of thiophene rings is 1. The number of aromatic amines is 1. The quantitative estimate of drug-likeness (QED) is 0.727. The van der Waals surface area contributed by atoms with E-state index < -0.39 is 5.76 Å². The third-order valence-electron chi connectivity index (χ3n) is 3.80. The Balaban J connectivity index is 1.77. The van der Waals surface area contributed by atoms with Gasteiger partial charge in [-0.1, -0.05) is 0 Å². The second-order valence-corrected chi connectivity index (χ2v) is 6.19. The predicted molar refractivity (Wildman–Crippen MR) is 84.8 cm³/mol. The van der Waals surface area contributed by atoms with Gasteiger partial charge in [0.2, 0.25) is 0 Å². The molecule has 108 valence electrons. The first-order valence-electron chi connectivity index (χ1n) is 6.91. The molecule has 21 heavy (non-hydrogen) atoms. The van der Waals surface area contributed by atoms with Crippen LogP contribution in [0.3, 0.4) is 0 Å². The molecule has 0 aliphatic heterocycles. The molecule has 1 aliphatic carbocycles. The van der Waals surface area contributed by atoms with Gasteiger partial charge in [0.25, 0.3) is 0 Å². The molecule has 2 heterocycles. The molecule has 0 radical (unpaired) electrons. The van der Waals surface area contributed by atoms with Crippen LogP contribution >= 0.6 is 11.3 Å². The number of nitrogen functional groups attached to an aromatic ring is 1. The molecular weight excluding hydrogens is 286 g/mol. The Hall–Kier alpha value is -2.21. The van der Waals surface area contributed by atoms with E-state index in [0.29, 0.717) is 22.8 Å². The highest BCUT2D eigenvalue weighted by atomic mass is 32.1. The Morgan fingerprint density at radius 2 is 2.29 bits per heavy atom. The molecule has 0 bridgehead atoms. The van der Waals surface area contributed by atoms with Crippen LogP contribution in [0.5, 0.6) is 0 Å². The van der Waals surface area contributed by atoms with E-state index in [9.17, 15) is 4.79 Å². The first-order chi connectivity index (χ1) is 10.2. The summed E-state index contributed by atoms with van der Waals surface area (Å²) in [5.74, 6) is -0.447. The van der Waals surface area contributed by atoms with Gasteiger partial charge in [-0.05, 0) is 41.3 Å². The molecule has 4 rings (SSSR count). The molecule has 0 atom stereocenters. The highest BCUT2D eigenvalue weighted by Crippen LogP contribution is 2.37. The molecule has 1 aliphatic rings. The lowest BCUT2D eigenvalue weighted by atomic mass is 10.2. The summed E-state index contributed by atoms with van der Waals surface area (Å²) < 4.78 is 5.06. The second kappa shape index (κ2) is 4.66. The average Bonchev–Trinajstić information content (AvgIpc) is 3.03. The van der Waals surface area contributed by atoms with E-state index in [1.807, 2.05) is 6.07 Å². The van der Waals surface area contributed by atoms with Crippen molar-refractivity contribution < 1.29 is 4.42 Å². The van der Waals surface area contributed by atoms with Gasteiger partial charge in [0.05, 0.1) is 16.9 Å². The Bertz CT molecular complexity index is 830. The summed E-state index contributed by atoms with van der Waals surface area (Å²) in [4.78, 5) is 16.3. The van der Waals surface area contributed by atoms with Gasteiger partial charge in [-0.25, -0.2) is 4.79 Å². The van der Waals surface area contributed by atoms with Gasteiger partial charge in [0.1, 0.15) is 0 Å². The number of oxazole rings is 1. The predicted octanol–water partition coefficient (Wildman–Crippen LogP) is 2.93.